The second-order valence-electron chi connectivity index (χ2n) is 8.69. The van der Waals surface area contributed by atoms with Crippen molar-refractivity contribution in [1.29, 1.82) is 0 Å². The molecule has 0 spiro atoms. The van der Waals surface area contributed by atoms with Gasteiger partial charge in [0.2, 0.25) is 5.76 Å². The molecule has 0 unspecified atom stereocenters. The summed E-state index contributed by atoms with van der Waals surface area (Å²) in [7, 11) is 0.865. The van der Waals surface area contributed by atoms with Crippen LogP contribution < -0.4 is 9.92 Å². The van der Waals surface area contributed by atoms with Gasteiger partial charge in [0, 0.05) is 5.56 Å². The minimum Gasteiger partial charge on any atom is -0.500 e. The molecule has 0 bridgehead atoms. The first-order valence-corrected chi connectivity index (χ1v) is 14.2. The number of aryl methyl sites for hydroxylation is 1. The van der Waals surface area contributed by atoms with Gasteiger partial charge in [-0.2, -0.15) is 0 Å². The van der Waals surface area contributed by atoms with Crippen LogP contribution in [0.1, 0.15) is 18.1 Å². The maximum absolute atomic E-state index is 11.9. The van der Waals surface area contributed by atoms with Crippen molar-refractivity contribution in [3.05, 3.63) is 83.8 Å². The van der Waals surface area contributed by atoms with Crippen LogP contribution in [0.3, 0.4) is 0 Å². The lowest BCUT2D eigenvalue weighted by atomic mass is 10.1. The van der Waals surface area contributed by atoms with Gasteiger partial charge in [0.1, 0.15) is 26.3 Å². The molecule has 7 heteroatoms. The van der Waals surface area contributed by atoms with Crippen LogP contribution in [-0.4, -0.2) is 40.2 Å². The predicted octanol–water partition coefficient (Wildman–Crippen LogP) is 5.08. The van der Waals surface area contributed by atoms with Gasteiger partial charge in [-0.1, -0.05) is 78.0 Å². The molecule has 0 saturated heterocycles. The molecule has 0 atom stereocenters. The molecular formula is C27H31NO5Si. The van der Waals surface area contributed by atoms with E-state index in [0.29, 0.717) is 17.7 Å². The maximum Gasteiger partial charge on any atom is 0.377 e. The van der Waals surface area contributed by atoms with Gasteiger partial charge < -0.3 is 19.0 Å². The van der Waals surface area contributed by atoms with Gasteiger partial charge in [-0.15, -0.1) is 0 Å². The van der Waals surface area contributed by atoms with Crippen molar-refractivity contribution >= 4 is 35.7 Å². The van der Waals surface area contributed by atoms with E-state index < -0.39 is 14.0 Å². The number of ether oxygens (including phenoxy) is 3. The molecule has 0 radical (unpaired) electrons. The molecule has 3 rings (SSSR count). The van der Waals surface area contributed by atoms with E-state index in [9.17, 15) is 4.79 Å². The Hall–Kier alpha value is -3.58. The van der Waals surface area contributed by atoms with Gasteiger partial charge in [0.15, 0.2) is 0 Å². The van der Waals surface area contributed by atoms with E-state index in [1.165, 1.54) is 36.4 Å². The van der Waals surface area contributed by atoms with E-state index in [0.717, 1.165) is 11.1 Å². The topological polar surface area (TPSA) is 66.3 Å². The maximum atomic E-state index is 11.9. The highest BCUT2D eigenvalue weighted by Gasteiger charge is 2.25. The second-order valence-corrected chi connectivity index (χ2v) is 13.3. The molecule has 0 saturated carbocycles. The lowest BCUT2D eigenvalue weighted by Gasteiger charge is -2.21. The summed E-state index contributed by atoms with van der Waals surface area (Å²) >= 11 is 0. The van der Waals surface area contributed by atoms with Crippen LogP contribution in [0, 0.1) is 6.92 Å². The Morgan fingerprint density at radius 1 is 1.00 bits per heavy atom. The van der Waals surface area contributed by atoms with Crippen LogP contribution in [0.2, 0.25) is 13.1 Å². The van der Waals surface area contributed by atoms with Crippen molar-refractivity contribution in [3.8, 4) is 5.75 Å². The number of fused-ring (bicyclic) bond motifs is 1. The zero-order valence-electron chi connectivity index (χ0n) is 20.5. The minimum absolute atomic E-state index is 0.0424. The van der Waals surface area contributed by atoms with E-state index in [4.69, 9.17) is 19.0 Å². The fourth-order valence-corrected chi connectivity index (χ4v) is 5.05. The fourth-order valence-electron chi connectivity index (χ4n) is 3.41. The number of hydrogen-bond donors (Lipinski definition) is 0. The molecule has 0 aromatic heterocycles. The number of nitrogens with zero attached hydrogens (tertiary/aromatic N) is 1. The van der Waals surface area contributed by atoms with Gasteiger partial charge in [-0.3, -0.25) is 0 Å². The number of carbonyl (C=O) groups is 1. The van der Waals surface area contributed by atoms with E-state index in [-0.39, 0.29) is 5.76 Å². The van der Waals surface area contributed by atoms with Crippen molar-refractivity contribution in [3.63, 3.8) is 0 Å². The van der Waals surface area contributed by atoms with Crippen molar-refractivity contribution in [2.24, 2.45) is 5.16 Å². The smallest absolute Gasteiger partial charge is 0.377 e. The quantitative estimate of drug-likeness (QED) is 0.107. The molecule has 0 amide bonds. The Bertz CT molecular complexity index is 1230. The second kappa shape index (κ2) is 11.0. The lowest BCUT2D eigenvalue weighted by Crippen LogP contribution is -2.46. The molecular weight excluding hydrogens is 446 g/mol. The Labute approximate surface area is 201 Å². The van der Waals surface area contributed by atoms with Gasteiger partial charge in [0.05, 0.1) is 19.9 Å². The van der Waals surface area contributed by atoms with Crippen molar-refractivity contribution in [1.82, 2.24) is 0 Å². The molecule has 3 aromatic rings. The monoisotopic (exact) mass is 477 g/mol. The number of carbonyl (C=O) groups excluding carboxylic acids is 1. The van der Waals surface area contributed by atoms with Crippen molar-refractivity contribution in [2.45, 2.75) is 26.9 Å². The first-order chi connectivity index (χ1) is 16.2. The summed E-state index contributed by atoms with van der Waals surface area (Å²) in [6, 6.07) is 20.7. The molecule has 34 heavy (non-hydrogen) atoms. The largest absolute Gasteiger partial charge is 0.500 e. The zero-order valence-corrected chi connectivity index (χ0v) is 21.5. The number of esters is 1. The number of methoxy groups -OCH3 is 2. The van der Waals surface area contributed by atoms with Crippen LogP contribution in [0.25, 0.3) is 10.8 Å². The number of rotatable bonds is 9. The first kappa shape index (κ1) is 25.0. The highest BCUT2D eigenvalue weighted by Crippen LogP contribution is 2.23. The summed E-state index contributed by atoms with van der Waals surface area (Å²) in [5.41, 5.74) is 2.39. The van der Waals surface area contributed by atoms with Crippen molar-refractivity contribution < 1.29 is 23.8 Å². The van der Waals surface area contributed by atoms with Crippen LogP contribution in [-0.2, 0) is 19.1 Å². The summed E-state index contributed by atoms with van der Waals surface area (Å²) in [5.74, 6) is -0.160. The average Bonchev–Trinajstić information content (AvgIpc) is 2.83. The van der Waals surface area contributed by atoms with Crippen LogP contribution in [0.4, 0.5) is 0 Å². The molecule has 3 aromatic carbocycles. The van der Waals surface area contributed by atoms with Gasteiger partial charge >= 0.3 is 5.97 Å². The summed E-state index contributed by atoms with van der Waals surface area (Å²) < 4.78 is 15.4. The highest BCUT2D eigenvalue weighted by atomic mass is 28.3. The molecule has 0 fully saturated rings. The summed E-state index contributed by atoms with van der Waals surface area (Å²) in [4.78, 5) is 17.8. The highest BCUT2D eigenvalue weighted by molar-refractivity contribution is 6.89. The van der Waals surface area contributed by atoms with E-state index >= 15 is 0 Å². The third-order valence-electron chi connectivity index (χ3n) is 5.60. The number of benzene rings is 3. The molecule has 178 valence electrons. The molecule has 0 N–H and O–H groups in total. The molecule has 6 nitrogen and oxygen atoms in total. The van der Waals surface area contributed by atoms with Gasteiger partial charge in [0.25, 0.3) is 0 Å². The van der Waals surface area contributed by atoms with Crippen molar-refractivity contribution in [2.75, 3.05) is 20.4 Å². The third-order valence-corrected chi connectivity index (χ3v) is 8.32. The van der Waals surface area contributed by atoms with Gasteiger partial charge in [-0.25, -0.2) is 4.79 Å². The molecule has 0 aliphatic rings. The van der Waals surface area contributed by atoms with E-state index in [1.54, 1.807) is 0 Å². The lowest BCUT2D eigenvalue weighted by molar-refractivity contribution is -0.138. The number of hydrogen-bond acceptors (Lipinski definition) is 6. The van der Waals surface area contributed by atoms with Crippen LogP contribution in [0.5, 0.6) is 5.75 Å². The zero-order chi connectivity index (χ0) is 24.7. The summed E-state index contributed by atoms with van der Waals surface area (Å²) in [5, 5.41) is 8.17. The van der Waals surface area contributed by atoms with E-state index in [2.05, 4.69) is 60.7 Å². The van der Waals surface area contributed by atoms with Crippen LogP contribution >= 0.6 is 0 Å². The molecule has 0 heterocycles. The van der Waals surface area contributed by atoms with E-state index in [1.807, 2.05) is 32.0 Å². The molecule has 0 aliphatic carbocycles. The Morgan fingerprint density at radius 3 is 2.44 bits per heavy atom. The fraction of sp³-hybridized carbons (Fsp3) is 0.259. The predicted molar refractivity (Wildman–Crippen MR) is 138 cm³/mol. The first-order valence-electron chi connectivity index (χ1n) is 11.0. The average molecular weight is 478 g/mol. The minimum atomic E-state index is -1.86. The Balaban J connectivity index is 1.73. The molecule has 0 aliphatic heterocycles. The number of oxime groups is 1. The normalized spacial score (nSPS) is 12.4. The van der Waals surface area contributed by atoms with Gasteiger partial charge in [-0.05, 0) is 36.2 Å². The Morgan fingerprint density at radius 2 is 1.74 bits per heavy atom. The van der Waals surface area contributed by atoms with Crippen LogP contribution in [0.15, 0.2) is 77.8 Å². The third kappa shape index (κ3) is 6.05. The Kier molecular flexibility index (Phi) is 8.12. The SMILES string of the molecule is COC=C(Oc1cc(C(C)=NOC[Si](C)(C)c2ccc3ccccc3c2)ccc1C)C(=O)OC. The summed E-state index contributed by atoms with van der Waals surface area (Å²) in [6.07, 6.45) is 1.77. The summed E-state index contributed by atoms with van der Waals surface area (Å²) in [6.45, 7) is 8.32. The standard InChI is InChI=1S/C27H31NO5Si/c1-19-11-12-22(16-25(19)33-26(17-30-3)27(29)31-4)20(2)28-32-18-34(5,6)24-14-13-21-9-7-8-10-23(21)15-24/h7-17H,18H2,1-6H3.